The van der Waals surface area contributed by atoms with Crippen molar-refractivity contribution in [2.75, 3.05) is 11.9 Å². The van der Waals surface area contributed by atoms with Crippen LogP contribution in [0.2, 0.25) is 0 Å². The van der Waals surface area contributed by atoms with Crippen LogP contribution >= 0.6 is 0 Å². The highest BCUT2D eigenvalue weighted by Crippen LogP contribution is 2.22. The van der Waals surface area contributed by atoms with Gasteiger partial charge in [0.05, 0.1) is 12.3 Å². The van der Waals surface area contributed by atoms with Crippen molar-refractivity contribution < 1.29 is 13.9 Å². The van der Waals surface area contributed by atoms with Crippen molar-refractivity contribution in [3.05, 3.63) is 102 Å². The van der Waals surface area contributed by atoms with Gasteiger partial charge in [-0.25, -0.2) is 14.4 Å². The van der Waals surface area contributed by atoms with Crippen molar-refractivity contribution in [1.82, 2.24) is 15.3 Å². The van der Waals surface area contributed by atoms with Gasteiger partial charge in [0.15, 0.2) is 0 Å². The predicted octanol–water partition coefficient (Wildman–Crippen LogP) is 5.75. The molecule has 0 fully saturated rings. The Bertz CT molecular complexity index is 1240. The van der Waals surface area contributed by atoms with E-state index in [9.17, 15) is 9.18 Å². The van der Waals surface area contributed by atoms with E-state index in [1.54, 1.807) is 42.5 Å². The fraction of sp³-hybridized carbons (Fsp3) is 0.148. The third-order valence-corrected chi connectivity index (χ3v) is 5.06. The van der Waals surface area contributed by atoms with E-state index in [1.807, 2.05) is 24.3 Å². The van der Waals surface area contributed by atoms with Gasteiger partial charge in [0, 0.05) is 29.4 Å². The Morgan fingerprint density at radius 2 is 1.76 bits per heavy atom. The fourth-order valence-corrected chi connectivity index (χ4v) is 3.29. The summed E-state index contributed by atoms with van der Waals surface area (Å²) in [7, 11) is 0. The first-order valence-electron chi connectivity index (χ1n) is 11.1. The number of benzene rings is 3. The number of aromatic nitrogens is 2. The molecule has 1 aromatic heterocycles. The third-order valence-electron chi connectivity index (χ3n) is 5.06. The molecule has 6 nitrogen and oxygen atoms in total. The summed E-state index contributed by atoms with van der Waals surface area (Å²) in [5.74, 6) is 0.912. The molecule has 0 radical (unpaired) electrons. The van der Waals surface area contributed by atoms with Gasteiger partial charge in [-0.05, 0) is 60.5 Å². The van der Waals surface area contributed by atoms with Crippen LogP contribution in [0.15, 0.2) is 85.2 Å². The summed E-state index contributed by atoms with van der Waals surface area (Å²) in [6.45, 7) is 3.18. The summed E-state index contributed by atoms with van der Waals surface area (Å²) < 4.78 is 19.1. The van der Waals surface area contributed by atoms with Gasteiger partial charge in [-0.1, -0.05) is 31.2 Å². The van der Waals surface area contributed by atoms with Gasteiger partial charge >= 0.3 is 0 Å². The lowest BCUT2D eigenvalue weighted by Crippen LogP contribution is -2.22. The van der Waals surface area contributed by atoms with E-state index < -0.39 is 0 Å². The van der Waals surface area contributed by atoms with E-state index in [-0.39, 0.29) is 11.7 Å². The summed E-state index contributed by atoms with van der Waals surface area (Å²) in [5.41, 5.74) is 3.59. The Labute approximate surface area is 197 Å². The number of anilines is 2. The first kappa shape index (κ1) is 22.9. The van der Waals surface area contributed by atoms with E-state index in [2.05, 4.69) is 27.5 Å². The first-order chi connectivity index (χ1) is 16.6. The van der Waals surface area contributed by atoms with Crippen molar-refractivity contribution in [3.8, 4) is 17.0 Å². The number of ether oxygens (including phenoxy) is 1. The van der Waals surface area contributed by atoms with Crippen molar-refractivity contribution in [1.29, 1.82) is 0 Å². The maximum atomic E-state index is 13.5. The topological polar surface area (TPSA) is 76.1 Å². The molecule has 0 atom stereocenters. The van der Waals surface area contributed by atoms with Crippen LogP contribution in [0.25, 0.3) is 11.3 Å². The van der Waals surface area contributed by atoms with Crippen LogP contribution in [0.5, 0.6) is 5.75 Å². The van der Waals surface area contributed by atoms with Gasteiger partial charge in [-0.2, -0.15) is 0 Å². The maximum absolute atomic E-state index is 13.5. The molecule has 7 heteroatoms. The van der Waals surface area contributed by atoms with Gasteiger partial charge in [0.1, 0.15) is 23.7 Å². The molecule has 2 N–H and O–H groups in total. The molecule has 0 aliphatic heterocycles. The zero-order chi connectivity index (χ0) is 23.8. The number of halogens is 1. The monoisotopic (exact) mass is 456 g/mol. The molecule has 0 saturated heterocycles. The van der Waals surface area contributed by atoms with Gasteiger partial charge in [-0.15, -0.1) is 0 Å². The zero-order valence-electron chi connectivity index (χ0n) is 18.8. The van der Waals surface area contributed by atoms with Crippen molar-refractivity contribution in [2.24, 2.45) is 0 Å². The molecule has 4 rings (SSSR count). The van der Waals surface area contributed by atoms with Gasteiger partial charge in [-0.3, -0.25) is 4.79 Å². The molecule has 0 unspecified atom stereocenters. The number of carbonyl (C=O) groups is 1. The van der Waals surface area contributed by atoms with Crippen molar-refractivity contribution >= 4 is 17.4 Å². The quantitative estimate of drug-likeness (QED) is 0.336. The minimum absolute atomic E-state index is 0.159. The van der Waals surface area contributed by atoms with Gasteiger partial charge in [0.25, 0.3) is 5.91 Å². The Morgan fingerprint density at radius 3 is 2.50 bits per heavy atom. The van der Waals surface area contributed by atoms with Crippen molar-refractivity contribution in [3.63, 3.8) is 0 Å². The third kappa shape index (κ3) is 6.16. The van der Waals surface area contributed by atoms with Crippen LogP contribution in [0.1, 0.15) is 29.3 Å². The van der Waals surface area contributed by atoms with Crippen LogP contribution in [0, 0.1) is 5.82 Å². The summed E-state index contributed by atoms with van der Waals surface area (Å²) in [4.78, 5) is 21.0. The maximum Gasteiger partial charge on any atom is 0.251 e. The number of amides is 1. The Kier molecular flexibility index (Phi) is 7.45. The van der Waals surface area contributed by atoms with E-state index in [0.29, 0.717) is 35.8 Å². The molecule has 0 aliphatic rings. The smallest absolute Gasteiger partial charge is 0.251 e. The van der Waals surface area contributed by atoms with Gasteiger partial charge in [0.2, 0.25) is 0 Å². The second-order valence-corrected chi connectivity index (χ2v) is 7.68. The average Bonchev–Trinajstić information content (AvgIpc) is 2.87. The lowest BCUT2D eigenvalue weighted by molar-refractivity contribution is 0.0951. The number of nitrogens with zero attached hydrogens (tertiary/aromatic N) is 2. The highest BCUT2D eigenvalue weighted by Gasteiger charge is 2.07. The minimum atomic E-state index is -0.322. The number of rotatable bonds is 9. The first-order valence-corrected chi connectivity index (χ1v) is 11.1. The highest BCUT2D eigenvalue weighted by atomic mass is 19.1. The van der Waals surface area contributed by atoms with Crippen LogP contribution < -0.4 is 15.4 Å². The molecule has 1 amide bonds. The zero-order valence-corrected chi connectivity index (χ0v) is 18.8. The normalized spacial score (nSPS) is 10.5. The van der Waals surface area contributed by atoms with E-state index >= 15 is 0 Å². The second-order valence-electron chi connectivity index (χ2n) is 7.68. The average molecular weight is 457 g/mol. The largest absolute Gasteiger partial charge is 0.494 e. The molecule has 34 heavy (non-hydrogen) atoms. The van der Waals surface area contributed by atoms with E-state index in [1.165, 1.54) is 18.5 Å². The summed E-state index contributed by atoms with van der Waals surface area (Å²) in [5, 5.41) is 6.11. The summed E-state index contributed by atoms with van der Waals surface area (Å²) in [6.07, 6.45) is 2.38. The van der Waals surface area contributed by atoms with Crippen LogP contribution in [-0.2, 0) is 6.54 Å². The molecular formula is C27H25FN4O2. The lowest BCUT2D eigenvalue weighted by Gasteiger charge is -2.09. The SMILES string of the molecule is CCCOc1ccc(CNC(=O)c2ccc(Nc3cc(-c4cccc(F)c4)ncn3)cc2)cc1. The van der Waals surface area contributed by atoms with Crippen LogP contribution in [-0.4, -0.2) is 22.5 Å². The highest BCUT2D eigenvalue weighted by molar-refractivity contribution is 5.94. The molecule has 1 heterocycles. The van der Waals surface area contributed by atoms with E-state index in [4.69, 9.17) is 4.74 Å². The number of hydrogen-bond acceptors (Lipinski definition) is 5. The predicted molar refractivity (Wildman–Crippen MR) is 131 cm³/mol. The Morgan fingerprint density at radius 1 is 0.971 bits per heavy atom. The number of nitrogens with one attached hydrogen (secondary N) is 2. The Hall–Kier alpha value is -4.26. The summed E-state index contributed by atoms with van der Waals surface area (Å²) in [6, 6.07) is 22.8. The fourth-order valence-electron chi connectivity index (χ4n) is 3.29. The minimum Gasteiger partial charge on any atom is -0.494 e. The molecule has 0 saturated carbocycles. The Balaban J connectivity index is 1.34. The van der Waals surface area contributed by atoms with Crippen molar-refractivity contribution in [2.45, 2.75) is 19.9 Å². The number of carbonyl (C=O) groups excluding carboxylic acids is 1. The molecule has 4 aromatic rings. The second kappa shape index (κ2) is 11.0. The summed E-state index contributed by atoms with van der Waals surface area (Å²) >= 11 is 0. The van der Waals surface area contributed by atoms with Crippen LogP contribution in [0.4, 0.5) is 15.9 Å². The molecule has 172 valence electrons. The molecule has 3 aromatic carbocycles. The molecule has 0 aliphatic carbocycles. The van der Waals surface area contributed by atoms with Gasteiger partial charge < -0.3 is 15.4 Å². The lowest BCUT2D eigenvalue weighted by atomic mass is 10.1. The molecule has 0 bridgehead atoms. The number of hydrogen-bond donors (Lipinski definition) is 2. The standard InChI is InChI=1S/C27H25FN4O2/c1-2-14-34-24-12-6-19(7-13-24)17-29-27(33)20-8-10-23(11-9-20)32-26-16-25(30-18-31-26)21-4-3-5-22(28)15-21/h3-13,15-16,18H,2,14,17H2,1H3,(H,29,33)(H,30,31,32). The molecule has 0 spiro atoms. The van der Waals surface area contributed by atoms with E-state index in [0.717, 1.165) is 23.4 Å². The molecular weight excluding hydrogens is 431 g/mol. The van der Waals surface area contributed by atoms with Crippen LogP contribution in [0.3, 0.4) is 0 Å².